The van der Waals surface area contributed by atoms with E-state index in [0.717, 1.165) is 61.5 Å². The maximum atomic E-state index is 12.6. The Kier molecular flexibility index (Phi) is 4.12. The number of fused-ring (bicyclic) bond motifs is 1. The fourth-order valence-corrected chi connectivity index (χ4v) is 3.40. The Morgan fingerprint density at radius 2 is 2.04 bits per heavy atom. The minimum absolute atomic E-state index is 0.0434. The first-order valence-electron chi connectivity index (χ1n) is 8.23. The van der Waals surface area contributed by atoms with Gasteiger partial charge in [-0.1, -0.05) is 17.7 Å². The molecule has 0 spiro atoms. The topological polar surface area (TPSA) is 53.4 Å². The maximum absolute atomic E-state index is 12.6. The number of aromatic amines is 1. The van der Waals surface area contributed by atoms with Crippen molar-refractivity contribution in [3.05, 3.63) is 62.7 Å². The third-order valence-corrected chi connectivity index (χ3v) is 4.79. The number of aromatic nitrogens is 2. The van der Waals surface area contributed by atoms with Gasteiger partial charge in [0.1, 0.15) is 0 Å². The fraction of sp³-hybridized carbons (Fsp3) is 0.333. The summed E-state index contributed by atoms with van der Waals surface area (Å²) in [6.45, 7) is 2.47. The number of H-pyrrole nitrogens is 1. The van der Waals surface area contributed by atoms with Crippen molar-refractivity contribution in [1.29, 1.82) is 0 Å². The zero-order chi connectivity index (χ0) is 16.5. The summed E-state index contributed by atoms with van der Waals surface area (Å²) in [5.41, 5.74) is 3.87. The lowest BCUT2D eigenvalue weighted by Crippen LogP contribution is -2.33. The molecule has 0 aliphatic carbocycles. The Labute approximate surface area is 145 Å². The van der Waals surface area contributed by atoms with Crippen LogP contribution in [0.3, 0.4) is 0 Å². The van der Waals surface area contributed by atoms with E-state index in [4.69, 9.17) is 11.6 Å². The van der Waals surface area contributed by atoms with Crippen LogP contribution < -0.4 is 5.56 Å². The number of rotatable bonds is 3. The number of allylic oxidation sites excluding steroid dienone is 1. The molecule has 0 radical (unpaired) electrons. The van der Waals surface area contributed by atoms with Gasteiger partial charge in [0, 0.05) is 36.4 Å². The van der Waals surface area contributed by atoms with Crippen LogP contribution in [-0.2, 0) is 13.0 Å². The van der Waals surface area contributed by atoms with E-state index in [1.54, 1.807) is 16.8 Å². The second-order valence-corrected chi connectivity index (χ2v) is 6.67. The van der Waals surface area contributed by atoms with E-state index in [0.29, 0.717) is 5.02 Å². The van der Waals surface area contributed by atoms with E-state index in [1.807, 2.05) is 18.3 Å². The summed E-state index contributed by atoms with van der Waals surface area (Å²) in [5, 5.41) is 3.93. The predicted molar refractivity (Wildman–Crippen MR) is 96.2 cm³/mol. The first-order valence-corrected chi connectivity index (χ1v) is 8.61. The SMILES string of the molecule is O=c1c2c([nH]n1-c1ccc(Cl)cc1)CN(CC1=CCCC=N1)CC2. The number of aliphatic imine (C=N–C) groups is 1. The van der Waals surface area contributed by atoms with Gasteiger partial charge in [-0.25, -0.2) is 4.68 Å². The van der Waals surface area contributed by atoms with Gasteiger partial charge in [0.2, 0.25) is 0 Å². The van der Waals surface area contributed by atoms with E-state index < -0.39 is 0 Å². The van der Waals surface area contributed by atoms with Crippen LogP contribution in [0.4, 0.5) is 0 Å². The number of hydrogen-bond donors (Lipinski definition) is 1. The number of halogens is 1. The Hall–Kier alpha value is -2.11. The molecule has 124 valence electrons. The molecule has 4 rings (SSSR count). The van der Waals surface area contributed by atoms with Gasteiger partial charge in [-0.3, -0.25) is 19.8 Å². The van der Waals surface area contributed by atoms with E-state index in [9.17, 15) is 4.79 Å². The second-order valence-electron chi connectivity index (χ2n) is 6.23. The average molecular weight is 343 g/mol. The highest BCUT2D eigenvalue weighted by atomic mass is 35.5. The summed E-state index contributed by atoms with van der Waals surface area (Å²) in [4.78, 5) is 19.4. The first kappa shape index (κ1) is 15.4. The van der Waals surface area contributed by atoms with Crippen LogP contribution in [0.2, 0.25) is 5.02 Å². The van der Waals surface area contributed by atoms with Crippen molar-refractivity contribution in [2.75, 3.05) is 13.1 Å². The predicted octanol–water partition coefficient (Wildman–Crippen LogP) is 2.93. The summed E-state index contributed by atoms with van der Waals surface area (Å²) >= 11 is 5.93. The Morgan fingerprint density at radius 3 is 2.79 bits per heavy atom. The lowest BCUT2D eigenvalue weighted by atomic mass is 10.1. The molecule has 0 unspecified atom stereocenters. The second kappa shape index (κ2) is 6.42. The highest BCUT2D eigenvalue weighted by Gasteiger charge is 2.23. The van der Waals surface area contributed by atoms with Crippen molar-refractivity contribution in [3.63, 3.8) is 0 Å². The Bertz CT molecular complexity index is 860. The van der Waals surface area contributed by atoms with Crippen molar-refractivity contribution in [3.8, 4) is 5.69 Å². The van der Waals surface area contributed by atoms with Gasteiger partial charge in [-0.15, -0.1) is 0 Å². The van der Waals surface area contributed by atoms with Crippen molar-refractivity contribution in [1.82, 2.24) is 14.7 Å². The van der Waals surface area contributed by atoms with E-state index in [2.05, 4.69) is 21.1 Å². The highest BCUT2D eigenvalue weighted by Crippen LogP contribution is 2.19. The summed E-state index contributed by atoms with van der Waals surface area (Å²) in [6.07, 6.45) is 7.07. The third-order valence-electron chi connectivity index (χ3n) is 4.54. The quantitative estimate of drug-likeness (QED) is 0.932. The number of nitrogens with one attached hydrogen (secondary N) is 1. The smallest absolute Gasteiger partial charge is 0.274 e. The maximum Gasteiger partial charge on any atom is 0.274 e. The molecule has 6 heteroatoms. The van der Waals surface area contributed by atoms with Crippen LogP contribution in [-0.4, -0.2) is 34.0 Å². The van der Waals surface area contributed by atoms with Crippen LogP contribution in [0, 0.1) is 0 Å². The monoisotopic (exact) mass is 342 g/mol. The van der Waals surface area contributed by atoms with Gasteiger partial charge in [0.15, 0.2) is 0 Å². The molecule has 0 fully saturated rings. The van der Waals surface area contributed by atoms with E-state index >= 15 is 0 Å². The molecule has 1 N–H and O–H groups in total. The summed E-state index contributed by atoms with van der Waals surface area (Å²) in [7, 11) is 0. The zero-order valence-electron chi connectivity index (χ0n) is 13.3. The third kappa shape index (κ3) is 2.97. The van der Waals surface area contributed by atoms with Crippen molar-refractivity contribution in [2.45, 2.75) is 25.8 Å². The molecule has 1 aromatic carbocycles. The molecule has 5 nitrogen and oxygen atoms in total. The van der Waals surface area contributed by atoms with E-state index in [1.165, 1.54) is 0 Å². The number of nitrogens with zero attached hydrogens (tertiary/aromatic N) is 3. The molecule has 0 atom stereocenters. The lowest BCUT2D eigenvalue weighted by Gasteiger charge is -2.26. The Balaban J connectivity index is 1.57. The van der Waals surface area contributed by atoms with Crippen LogP contribution in [0.5, 0.6) is 0 Å². The molecule has 1 aromatic heterocycles. The molecule has 24 heavy (non-hydrogen) atoms. The molecule has 3 heterocycles. The summed E-state index contributed by atoms with van der Waals surface area (Å²) < 4.78 is 1.61. The molecule has 2 aromatic rings. The van der Waals surface area contributed by atoms with E-state index in [-0.39, 0.29) is 5.56 Å². The summed E-state index contributed by atoms with van der Waals surface area (Å²) in [6, 6.07) is 7.29. The van der Waals surface area contributed by atoms with Gasteiger partial charge in [0.05, 0.1) is 17.1 Å². The van der Waals surface area contributed by atoms with Crippen molar-refractivity contribution < 1.29 is 0 Å². The average Bonchev–Trinajstić information content (AvgIpc) is 2.93. The normalized spacial score (nSPS) is 17.6. The fourth-order valence-electron chi connectivity index (χ4n) is 3.28. The molecular weight excluding hydrogens is 324 g/mol. The number of benzene rings is 1. The van der Waals surface area contributed by atoms with Crippen molar-refractivity contribution >= 4 is 17.8 Å². The van der Waals surface area contributed by atoms with Gasteiger partial charge >= 0.3 is 0 Å². The van der Waals surface area contributed by atoms with Crippen LogP contribution in [0.15, 0.2) is 45.8 Å². The summed E-state index contributed by atoms with van der Waals surface area (Å²) in [5.74, 6) is 0. The van der Waals surface area contributed by atoms with Gasteiger partial charge in [-0.2, -0.15) is 0 Å². The largest absolute Gasteiger partial charge is 0.293 e. The van der Waals surface area contributed by atoms with Crippen LogP contribution in [0.25, 0.3) is 5.69 Å². The zero-order valence-corrected chi connectivity index (χ0v) is 14.1. The first-order chi connectivity index (χ1) is 11.7. The molecule has 2 aliphatic rings. The molecule has 0 saturated carbocycles. The molecular formula is C18H19ClN4O. The van der Waals surface area contributed by atoms with Gasteiger partial charge < -0.3 is 0 Å². The minimum atomic E-state index is 0.0434. The Morgan fingerprint density at radius 1 is 1.21 bits per heavy atom. The number of hydrogen-bond acceptors (Lipinski definition) is 3. The molecule has 2 aliphatic heterocycles. The molecule has 0 amide bonds. The van der Waals surface area contributed by atoms with Gasteiger partial charge in [-0.05, 0) is 43.5 Å². The highest BCUT2D eigenvalue weighted by molar-refractivity contribution is 6.30. The molecule has 0 saturated heterocycles. The standard InChI is InChI=1S/C18H19ClN4O/c19-13-4-6-15(7-5-13)23-18(24)16-8-10-22(12-17(16)21-23)11-14-3-1-2-9-20-14/h3-7,9,21H,1-2,8,10-12H2. The van der Waals surface area contributed by atoms with Crippen molar-refractivity contribution in [2.24, 2.45) is 4.99 Å². The van der Waals surface area contributed by atoms with Crippen LogP contribution in [0.1, 0.15) is 24.1 Å². The van der Waals surface area contributed by atoms with Crippen LogP contribution >= 0.6 is 11.6 Å². The minimum Gasteiger partial charge on any atom is -0.293 e. The van der Waals surface area contributed by atoms with Gasteiger partial charge in [0.25, 0.3) is 5.56 Å². The molecule has 0 bridgehead atoms. The lowest BCUT2D eigenvalue weighted by molar-refractivity contribution is 0.271.